The largest absolute Gasteiger partial charge is 0.477 e. The Balaban J connectivity index is 0.000000192. The second-order valence-corrected chi connectivity index (χ2v) is 8.61. The van der Waals surface area contributed by atoms with Gasteiger partial charge in [-0.05, 0) is 63.0 Å². The van der Waals surface area contributed by atoms with E-state index in [0.717, 1.165) is 0 Å². The van der Waals surface area contributed by atoms with E-state index in [-0.39, 0.29) is 23.8 Å². The Morgan fingerprint density at radius 1 is 0.941 bits per heavy atom. The van der Waals surface area contributed by atoms with Crippen molar-refractivity contribution in [2.24, 2.45) is 0 Å². The van der Waals surface area contributed by atoms with Crippen molar-refractivity contribution >= 4 is 67.0 Å². The first-order valence-corrected chi connectivity index (χ1v) is 11.7. The van der Waals surface area contributed by atoms with Crippen LogP contribution < -0.4 is 0 Å². The summed E-state index contributed by atoms with van der Waals surface area (Å²) >= 11 is 18.3. The maximum absolute atomic E-state index is 11.8. The van der Waals surface area contributed by atoms with Gasteiger partial charge < -0.3 is 9.84 Å². The van der Waals surface area contributed by atoms with Crippen molar-refractivity contribution in [2.75, 3.05) is 6.61 Å². The van der Waals surface area contributed by atoms with E-state index >= 15 is 0 Å². The zero-order chi connectivity index (χ0) is 24.8. The second-order valence-electron chi connectivity index (χ2n) is 6.17. The van der Waals surface area contributed by atoms with Crippen LogP contribution in [0.25, 0.3) is 11.6 Å². The number of halogens is 4. The molecular weight excluding hydrogens is 619 g/mol. The molecule has 0 aliphatic rings. The van der Waals surface area contributed by atoms with Crippen LogP contribution in [0.4, 0.5) is 0 Å². The third kappa shape index (κ3) is 6.00. The molecule has 0 fully saturated rings. The molecule has 4 aromatic heterocycles. The quantitative estimate of drug-likeness (QED) is 0.296. The normalized spacial score (nSPS) is 10.4. The van der Waals surface area contributed by atoms with Crippen molar-refractivity contribution in [3.05, 3.63) is 79.4 Å². The predicted molar refractivity (Wildman–Crippen MR) is 131 cm³/mol. The van der Waals surface area contributed by atoms with Gasteiger partial charge in [-0.1, -0.05) is 23.2 Å². The van der Waals surface area contributed by atoms with Crippen molar-refractivity contribution in [1.29, 1.82) is 0 Å². The molecule has 4 aromatic rings. The van der Waals surface area contributed by atoms with Gasteiger partial charge >= 0.3 is 11.9 Å². The number of aromatic nitrogens is 6. The van der Waals surface area contributed by atoms with Gasteiger partial charge in [0.25, 0.3) is 0 Å². The lowest BCUT2D eigenvalue weighted by molar-refractivity contribution is 0.0515. The third-order valence-corrected chi connectivity index (χ3v) is 5.31. The van der Waals surface area contributed by atoms with E-state index in [2.05, 4.69) is 52.0 Å². The number of rotatable bonds is 5. The molecule has 176 valence electrons. The highest BCUT2D eigenvalue weighted by molar-refractivity contribution is 9.10. The number of carbonyl (C=O) groups excluding carboxylic acids is 1. The molecule has 34 heavy (non-hydrogen) atoms. The molecule has 14 heteroatoms. The predicted octanol–water partition coefficient (Wildman–Crippen LogP) is 5.24. The van der Waals surface area contributed by atoms with Gasteiger partial charge in [-0.25, -0.2) is 28.9 Å². The smallest absolute Gasteiger partial charge is 0.357 e. The van der Waals surface area contributed by atoms with Crippen LogP contribution in [0, 0.1) is 0 Å². The van der Waals surface area contributed by atoms with E-state index in [1.54, 1.807) is 43.5 Å². The van der Waals surface area contributed by atoms with Gasteiger partial charge in [-0.2, -0.15) is 10.2 Å². The number of aromatic carboxylic acids is 1. The van der Waals surface area contributed by atoms with E-state index in [1.165, 1.54) is 21.6 Å². The Morgan fingerprint density at radius 3 is 1.85 bits per heavy atom. The fraction of sp³-hybridized carbons (Fsp3) is 0.100. The molecule has 0 bridgehead atoms. The number of carboxylic acid groups (broad SMARTS) is 1. The standard InChI is InChI=1S/C11H9BrClN3O2.C9H5BrClN3O2/c1-2-18-11(17)8-6-9(12)15-16(8)10-7(13)4-3-5-14-10;10-7-4-6(9(15)16)14(13-7)8-5(11)2-1-3-12-8/h3-6H,2H2,1H3;1-4H,(H,15,16). The first kappa shape index (κ1) is 25.8. The monoisotopic (exact) mass is 630 g/mol. The molecule has 10 nitrogen and oxygen atoms in total. The molecule has 0 aliphatic carbocycles. The molecule has 0 saturated carbocycles. The highest BCUT2D eigenvalue weighted by Crippen LogP contribution is 2.22. The molecule has 0 amide bonds. The Labute approximate surface area is 219 Å². The SMILES string of the molecule is CCOC(=O)c1cc(Br)nn1-c1ncccc1Cl.O=C(O)c1cc(Br)nn1-c1ncccc1Cl. The summed E-state index contributed by atoms with van der Waals surface area (Å²) < 4.78 is 8.39. The van der Waals surface area contributed by atoms with E-state index in [9.17, 15) is 9.59 Å². The molecule has 4 heterocycles. The molecule has 0 unspecified atom stereocenters. The zero-order valence-corrected chi connectivity index (χ0v) is 21.9. The molecule has 0 aromatic carbocycles. The van der Waals surface area contributed by atoms with Crippen molar-refractivity contribution in [3.63, 3.8) is 0 Å². The number of hydrogen-bond acceptors (Lipinski definition) is 7. The van der Waals surface area contributed by atoms with Crippen LogP contribution in [0.3, 0.4) is 0 Å². The molecule has 0 radical (unpaired) electrons. The number of esters is 1. The summed E-state index contributed by atoms with van der Waals surface area (Å²) in [7, 11) is 0. The van der Waals surface area contributed by atoms with E-state index < -0.39 is 11.9 Å². The molecular formula is C20H14Br2Cl2N6O4. The van der Waals surface area contributed by atoms with Gasteiger partial charge in [0, 0.05) is 24.5 Å². The summed E-state index contributed by atoms with van der Waals surface area (Å²) in [5.74, 6) is -0.905. The van der Waals surface area contributed by atoms with Crippen LogP contribution in [0.15, 0.2) is 58.0 Å². The van der Waals surface area contributed by atoms with Crippen molar-refractivity contribution in [3.8, 4) is 11.6 Å². The first-order chi connectivity index (χ1) is 16.2. The zero-order valence-electron chi connectivity index (χ0n) is 17.2. The summed E-state index contributed by atoms with van der Waals surface area (Å²) in [6, 6.07) is 9.59. The number of carboxylic acids is 1. The maximum atomic E-state index is 11.8. The fourth-order valence-corrected chi connectivity index (χ4v) is 3.75. The number of hydrogen-bond donors (Lipinski definition) is 1. The second kappa shape index (κ2) is 11.6. The number of ether oxygens (including phenoxy) is 1. The van der Waals surface area contributed by atoms with Crippen molar-refractivity contribution < 1.29 is 19.4 Å². The van der Waals surface area contributed by atoms with Crippen LogP contribution >= 0.6 is 55.1 Å². The van der Waals surface area contributed by atoms with E-state index in [4.69, 9.17) is 33.0 Å². The topological polar surface area (TPSA) is 125 Å². The average Bonchev–Trinajstić information content (AvgIpc) is 3.38. The van der Waals surface area contributed by atoms with Crippen LogP contribution in [0.2, 0.25) is 10.0 Å². The minimum absolute atomic E-state index is 0.00697. The molecule has 0 spiro atoms. The van der Waals surface area contributed by atoms with Gasteiger partial charge in [-0.3, -0.25) is 0 Å². The lowest BCUT2D eigenvalue weighted by atomic mass is 10.4. The van der Waals surface area contributed by atoms with Gasteiger partial charge in [0.15, 0.2) is 23.0 Å². The van der Waals surface area contributed by atoms with Crippen LogP contribution in [0.1, 0.15) is 27.9 Å². The van der Waals surface area contributed by atoms with Crippen molar-refractivity contribution in [1.82, 2.24) is 29.5 Å². The minimum atomic E-state index is -1.10. The van der Waals surface area contributed by atoms with Gasteiger partial charge in [0.1, 0.15) is 9.21 Å². The summed E-state index contributed by atoms with van der Waals surface area (Å²) in [5, 5.41) is 17.8. The molecule has 0 atom stereocenters. The van der Waals surface area contributed by atoms with Crippen LogP contribution in [0.5, 0.6) is 0 Å². The molecule has 1 N–H and O–H groups in total. The average molecular weight is 633 g/mol. The fourth-order valence-electron chi connectivity index (χ4n) is 2.60. The van der Waals surface area contributed by atoms with Gasteiger partial charge in [-0.15, -0.1) is 0 Å². The number of pyridine rings is 2. The van der Waals surface area contributed by atoms with Gasteiger partial charge in [0.2, 0.25) is 0 Å². The first-order valence-electron chi connectivity index (χ1n) is 9.36. The number of nitrogens with zero attached hydrogens (tertiary/aromatic N) is 6. The maximum Gasteiger partial charge on any atom is 0.357 e. The van der Waals surface area contributed by atoms with Crippen molar-refractivity contribution in [2.45, 2.75) is 6.92 Å². The van der Waals surface area contributed by atoms with Crippen LogP contribution in [-0.4, -0.2) is 53.2 Å². The lowest BCUT2D eigenvalue weighted by Crippen LogP contribution is -2.13. The highest BCUT2D eigenvalue weighted by Gasteiger charge is 2.19. The minimum Gasteiger partial charge on any atom is -0.477 e. The summed E-state index contributed by atoms with van der Waals surface area (Å²) in [4.78, 5) is 30.9. The van der Waals surface area contributed by atoms with E-state index in [0.29, 0.717) is 25.1 Å². The Bertz CT molecular complexity index is 1340. The summed E-state index contributed by atoms with van der Waals surface area (Å²) in [6.45, 7) is 2.03. The molecule has 4 rings (SSSR count). The summed E-state index contributed by atoms with van der Waals surface area (Å²) in [5.41, 5.74) is 0.261. The Kier molecular flexibility index (Phi) is 8.78. The summed E-state index contributed by atoms with van der Waals surface area (Å²) in [6.07, 6.45) is 3.09. The Morgan fingerprint density at radius 2 is 1.41 bits per heavy atom. The highest BCUT2D eigenvalue weighted by atomic mass is 79.9. The Hall–Kier alpha value is -2.80. The van der Waals surface area contributed by atoms with Crippen LogP contribution in [-0.2, 0) is 4.74 Å². The lowest BCUT2D eigenvalue weighted by Gasteiger charge is -2.06. The molecule has 0 saturated heterocycles. The third-order valence-electron chi connectivity index (χ3n) is 3.94. The molecule has 0 aliphatic heterocycles. The van der Waals surface area contributed by atoms with E-state index in [1.807, 2.05) is 0 Å². The number of carbonyl (C=O) groups is 2. The van der Waals surface area contributed by atoms with Gasteiger partial charge in [0.05, 0.1) is 16.7 Å².